The SMILES string of the molecule is Cc1ccc(NC(=O)N[C@@H](Cc2cc(F)cc(F)c2)C(=O)N[C@@H]2C(=O)N3CCCC3C(=O)N3CCCCC3C(=O)N[C@@H](C)C(=O)N3C[C@H](C)CC3CO[C@H]2C)cc1. The van der Waals surface area contributed by atoms with Crippen LogP contribution < -0.4 is 21.3 Å². The van der Waals surface area contributed by atoms with Crippen LogP contribution in [0, 0.1) is 24.5 Å². The number of rotatable bonds is 6. The molecule has 7 amide bonds. The lowest BCUT2D eigenvalue weighted by molar-refractivity contribution is -0.153. The van der Waals surface area contributed by atoms with Gasteiger partial charge in [-0.3, -0.25) is 24.0 Å². The lowest BCUT2D eigenvalue weighted by Crippen LogP contribution is -2.63. The van der Waals surface area contributed by atoms with Crippen molar-refractivity contribution in [3.8, 4) is 0 Å². The van der Waals surface area contributed by atoms with E-state index in [1.165, 1.54) is 9.80 Å². The van der Waals surface area contributed by atoms with E-state index in [1.807, 2.05) is 13.8 Å². The molecule has 0 radical (unpaired) electrons. The maximum atomic E-state index is 14.7. The standard InChI is InChI=1S/C41H53F2N7O7/c1-23-10-12-30(13-11-23)45-41(56)46-32(19-27-17-28(42)20-29(43)18-27)36(51)47-35-26(4)57-22-31-16-24(2)21-50(31)38(53)25(3)44-37(52)33-8-5-6-14-48(33)39(54)34-9-7-15-49(34)40(35)55/h10-13,17-18,20,24-26,31-35H,5-9,14-16,19,21-22H2,1-4H3,(H,44,52)(H,47,51)(H2,45,46,56)/t24-,25+,26+,31?,32+,33?,34?,35+/m1/s1. The molecule has 2 aromatic carbocycles. The van der Waals surface area contributed by atoms with Crippen LogP contribution in [0.4, 0.5) is 19.3 Å². The van der Waals surface area contributed by atoms with E-state index in [0.717, 1.165) is 17.7 Å². The van der Waals surface area contributed by atoms with Crippen LogP contribution in [0.2, 0.25) is 0 Å². The first-order valence-electron chi connectivity index (χ1n) is 19.9. The fourth-order valence-electron chi connectivity index (χ4n) is 8.45. The van der Waals surface area contributed by atoms with Crippen LogP contribution in [0.15, 0.2) is 42.5 Å². The summed E-state index contributed by atoms with van der Waals surface area (Å²) in [5.74, 6) is -4.15. The molecule has 8 atom stereocenters. The van der Waals surface area contributed by atoms with Gasteiger partial charge in [0.1, 0.15) is 41.8 Å². The van der Waals surface area contributed by atoms with Crippen molar-refractivity contribution in [3.05, 3.63) is 65.2 Å². The summed E-state index contributed by atoms with van der Waals surface area (Å²) in [5.41, 5.74) is 1.47. The predicted molar refractivity (Wildman–Crippen MR) is 206 cm³/mol. The number of piperidine rings is 1. The van der Waals surface area contributed by atoms with Crippen molar-refractivity contribution < 1.29 is 42.3 Å². The van der Waals surface area contributed by atoms with Crippen LogP contribution in [0.5, 0.6) is 0 Å². The molecule has 2 aromatic rings. The number of amides is 7. The highest BCUT2D eigenvalue weighted by atomic mass is 19.1. The molecule has 4 saturated heterocycles. The molecule has 4 aliphatic rings. The van der Waals surface area contributed by atoms with Crippen LogP contribution in [-0.4, -0.2) is 119 Å². The summed E-state index contributed by atoms with van der Waals surface area (Å²) >= 11 is 0. The molecule has 0 aliphatic carbocycles. The van der Waals surface area contributed by atoms with E-state index in [4.69, 9.17) is 4.74 Å². The van der Waals surface area contributed by atoms with Gasteiger partial charge in [-0.15, -0.1) is 0 Å². The molecule has 16 heteroatoms. The van der Waals surface area contributed by atoms with Gasteiger partial charge in [0.15, 0.2) is 0 Å². The zero-order valence-corrected chi connectivity index (χ0v) is 32.9. The summed E-state index contributed by atoms with van der Waals surface area (Å²) in [5, 5.41) is 10.9. The Bertz CT molecular complexity index is 1830. The van der Waals surface area contributed by atoms with Crippen LogP contribution in [0.25, 0.3) is 0 Å². The van der Waals surface area contributed by atoms with Crippen LogP contribution in [0.1, 0.15) is 70.4 Å². The number of nitrogens with one attached hydrogen (secondary N) is 4. The van der Waals surface area contributed by atoms with Crippen molar-refractivity contribution in [2.24, 2.45) is 5.92 Å². The van der Waals surface area contributed by atoms with Gasteiger partial charge in [-0.05, 0) is 95.0 Å². The molecule has 4 fully saturated rings. The van der Waals surface area contributed by atoms with Gasteiger partial charge in [0.25, 0.3) is 0 Å². The Morgan fingerprint density at radius 3 is 2.25 bits per heavy atom. The Morgan fingerprint density at radius 1 is 0.860 bits per heavy atom. The first kappa shape index (κ1) is 41.5. The number of fused-ring (bicyclic) bond motifs is 3. The zero-order chi connectivity index (χ0) is 41.0. The zero-order valence-electron chi connectivity index (χ0n) is 32.9. The Hall–Kier alpha value is -5.12. The van der Waals surface area contributed by atoms with E-state index >= 15 is 0 Å². The summed E-state index contributed by atoms with van der Waals surface area (Å²) in [6, 6.07) is 3.18. The molecule has 57 heavy (non-hydrogen) atoms. The molecule has 4 aliphatic heterocycles. The van der Waals surface area contributed by atoms with Crippen LogP contribution >= 0.6 is 0 Å². The van der Waals surface area contributed by atoms with Gasteiger partial charge in [-0.1, -0.05) is 24.6 Å². The number of hydrogen-bond donors (Lipinski definition) is 4. The lowest BCUT2D eigenvalue weighted by Gasteiger charge is -2.40. The third-order valence-electron chi connectivity index (χ3n) is 11.4. The van der Waals surface area contributed by atoms with E-state index in [0.29, 0.717) is 63.4 Å². The van der Waals surface area contributed by atoms with Gasteiger partial charge in [0, 0.05) is 37.8 Å². The largest absolute Gasteiger partial charge is 0.374 e. The van der Waals surface area contributed by atoms with Gasteiger partial charge >= 0.3 is 6.03 Å². The number of anilines is 1. The van der Waals surface area contributed by atoms with E-state index in [-0.39, 0.29) is 48.9 Å². The summed E-state index contributed by atoms with van der Waals surface area (Å²) in [6.45, 7) is 8.10. The number of aryl methyl sites for hydroxylation is 1. The maximum Gasteiger partial charge on any atom is 0.319 e. The minimum atomic E-state index is -1.43. The van der Waals surface area contributed by atoms with Crippen molar-refractivity contribution in [1.29, 1.82) is 0 Å². The monoisotopic (exact) mass is 793 g/mol. The number of carbonyl (C=O) groups is 6. The highest BCUT2D eigenvalue weighted by Crippen LogP contribution is 2.28. The third-order valence-corrected chi connectivity index (χ3v) is 11.4. The Morgan fingerprint density at radius 2 is 1.53 bits per heavy atom. The Labute approximate surface area is 331 Å². The average Bonchev–Trinajstić information content (AvgIpc) is 3.81. The minimum absolute atomic E-state index is 0.0134. The molecule has 4 N–H and O–H groups in total. The molecule has 3 unspecified atom stereocenters. The summed E-state index contributed by atoms with van der Waals surface area (Å²) in [7, 11) is 0. The molecule has 6 rings (SSSR count). The first-order valence-corrected chi connectivity index (χ1v) is 19.9. The second kappa shape index (κ2) is 18.0. The number of carbonyl (C=O) groups excluding carboxylic acids is 6. The topological polar surface area (TPSA) is 169 Å². The number of urea groups is 1. The van der Waals surface area contributed by atoms with E-state index in [2.05, 4.69) is 21.3 Å². The predicted octanol–water partition coefficient (Wildman–Crippen LogP) is 3.02. The molecule has 0 aromatic heterocycles. The van der Waals surface area contributed by atoms with Crippen molar-refractivity contribution in [1.82, 2.24) is 30.7 Å². The van der Waals surface area contributed by atoms with Gasteiger partial charge in [0.05, 0.1) is 18.8 Å². The van der Waals surface area contributed by atoms with E-state index < -0.39 is 71.7 Å². The number of benzene rings is 2. The molecular weight excluding hydrogens is 740 g/mol. The van der Waals surface area contributed by atoms with Crippen molar-refractivity contribution in [3.63, 3.8) is 0 Å². The molecule has 0 bridgehead atoms. The molecule has 14 nitrogen and oxygen atoms in total. The summed E-state index contributed by atoms with van der Waals surface area (Å²) in [4.78, 5) is 88.7. The van der Waals surface area contributed by atoms with Crippen molar-refractivity contribution >= 4 is 41.3 Å². The molecule has 308 valence electrons. The van der Waals surface area contributed by atoms with Gasteiger partial charge in [-0.2, -0.15) is 0 Å². The van der Waals surface area contributed by atoms with E-state index in [1.54, 1.807) is 43.0 Å². The fraction of sp³-hybridized carbons (Fsp3) is 0.561. The number of halogens is 2. The summed E-state index contributed by atoms with van der Waals surface area (Å²) < 4.78 is 34.9. The average molecular weight is 794 g/mol. The highest BCUT2D eigenvalue weighted by molar-refractivity contribution is 5.98. The summed E-state index contributed by atoms with van der Waals surface area (Å²) in [6.07, 6.45) is 1.91. The molecule has 0 spiro atoms. The maximum absolute atomic E-state index is 14.7. The number of hydrogen-bond acceptors (Lipinski definition) is 7. The minimum Gasteiger partial charge on any atom is -0.374 e. The van der Waals surface area contributed by atoms with Crippen molar-refractivity contribution in [2.45, 2.75) is 115 Å². The van der Waals surface area contributed by atoms with Gasteiger partial charge in [0.2, 0.25) is 29.5 Å². The smallest absolute Gasteiger partial charge is 0.319 e. The van der Waals surface area contributed by atoms with E-state index in [9.17, 15) is 37.5 Å². The fourth-order valence-corrected chi connectivity index (χ4v) is 8.45. The molecule has 0 saturated carbocycles. The lowest BCUT2D eigenvalue weighted by atomic mass is 9.99. The molecule has 4 heterocycles. The molecular formula is C41H53F2N7O7. The highest BCUT2D eigenvalue weighted by Gasteiger charge is 2.46. The Kier molecular flexibility index (Phi) is 13.1. The Balaban J connectivity index is 1.31. The number of ether oxygens (including phenoxy) is 1. The number of nitrogens with zero attached hydrogens (tertiary/aromatic N) is 3. The quantitative estimate of drug-likeness (QED) is 0.349. The normalized spacial score (nSPS) is 27.9. The van der Waals surface area contributed by atoms with Crippen molar-refractivity contribution in [2.75, 3.05) is 31.6 Å². The van der Waals surface area contributed by atoms with Crippen LogP contribution in [-0.2, 0) is 35.1 Å². The van der Waals surface area contributed by atoms with Crippen LogP contribution in [0.3, 0.4) is 0 Å². The second-order valence-corrected chi connectivity index (χ2v) is 16.0. The second-order valence-electron chi connectivity index (χ2n) is 16.0. The van der Waals surface area contributed by atoms with Gasteiger partial charge in [-0.25, -0.2) is 13.6 Å². The van der Waals surface area contributed by atoms with Gasteiger partial charge < -0.3 is 40.7 Å². The third kappa shape index (κ3) is 9.89. The first-order chi connectivity index (χ1) is 27.2.